The second-order valence-corrected chi connectivity index (χ2v) is 3.15. The molecule has 1 unspecified atom stereocenters. The zero-order valence-electron chi connectivity index (χ0n) is 7.23. The van der Waals surface area contributed by atoms with E-state index in [4.69, 9.17) is 4.74 Å². The van der Waals surface area contributed by atoms with Crippen LogP contribution in [0, 0.1) is 0 Å². The molecule has 1 saturated heterocycles. The minimum Gasteiger partial charge on any atom is -0.359 e. The topological polar surface area (TPSA) is 12.5 Å². The van der Waals surface area contributed by atoms with Crippen molar-refractivity contribution in [2.75, 3.05) is 18.2 Å². The summed E-state index contributed by atoms with van der Waals surface area (Å²) in [5, 5.41) is 0. The summed E-state index contributed by atoms with van der Waals surface area (Å²) in [4.78, 5) is 2.26. The average molecular weight is 163 g/mol. The minimum absolute atomic E-state index is 0.507. The Kier molecular flexibility index (Phi) is 2.00. The van der Waals surface area contributed by atoms with Gasteiger partial charge in [-0.15, -0.1) is 0 Å². The molecule has 1 aromatic rings. The molecule has 64 valence electrons. The van der Waals surface area contributed by atoms with E-state index in [-0.39, 0.29) is 0 Å². The summed E-state index contributed by atoms with van der Waals surface area (Å²) >= 11 is 0. The third-order valence-electron chi connectivity index (χ3n) is 2.21. The Labute approximate surface area is 72.8 Å². The first-order valence-corrected chi connectivity index (χ1v) is 4.27. The van der Waals surface area contributed by atoms with E-state index >= 15 is 0 Å². The molecule has 1 aliphatic rings. The van der Waals surface area contributed by atoms with Gasteiger partial charge in [0.25, 0.3) is 0 Å². The van der Waals surface area contributed by atoms with Crippen molar-refractivity contribution in [3.8, 4) is 0 Å². The van der Waals surface area contributed by atoms with Gasteiger partial charge in [0, 0.05) is 5.69 Å². The summed E-state index contributed by atoms with van der Waals surface area (Å²) in [5.74, 6) is 0. The summed E-state index contributed by atoms with van der Waals surface area (Å²) in [5.41, 5.74) is 1.25. The molecule has 0 N–H and O–H groups in total. The Morgan fingerprint density at radius 3 is 2.67 bits per heavy atom. The molecule has 2 nitrogen and oxygen atoms in total. The Bertz CT molecular complexity index is 247. The summed E-state index contributed by atoms with van der Waals surface area (Å²) in [6, 6.07) is 10.9. The summed E-state index contributed by atoms with van der Waals surface area (Å²) < 4.78 is 5.35. The standard InChI is InChI=1S/C10H13NO/c1-9-7-12-8-11(9)10-5-3-2-4-6-10/h2-6,9H,7-8H2,1H3. The van der Waals surface area contributed by atoms with Gasteiger partial charge in [0.2, 0.25) is 0 Å². The van der Waals surface area contributed by atoms with Crippen LogP contribution >= 0.6 is 0 Å². The molecule has 1 aliphatic heterocycles. The highest BCUT2D eigenvalue weighted by Gasteiger charge is 2.20. The van der Waals surface area contributed by atoms with Crippen molar-refractivity contribution in [1.82, 2.24) is 0 Å². The lowest BCUT2D eigenvalue weighted by atomic mass is 10.2. The van der Waals surface area contributed by atoms with Gasteiger partial charge in [-0.1, -0.05) is 18.2 Å². The molecule has 1 heterocycles. The molecule has 0 aliphatic carbocycles. The summed E-state index contributed by atoms with van der Waals surface area (Å²) in [6.07, 6.45) is 0. The lowest BCUT2D eigenvalue weighted by Gasteiger charge is -2.20. The molecule has 2 heteroatoms. The first-order chi connectivity index (χ1) is 5.88. The maximum absolute atomic E-state index is 5.35. The normalized spacial score (nSPS) is 23.1. The largest absolute Gasteiger partial charge is 0.359 e. The third kappa shape index (κ3) is 1.30. The van der Waals surface area contributed by atoms with Gasteiger partial charge in [0.15, 0.2) is 0 Å². The van der Waals surface area contributed by atoms with Gasteiger partial charge in [-0.3, -0.25) is 0 Å². The quantitative estimate of drug-likeness (QED) is 0.626. The molecule has 2 rings (SSSR count). The molecule has 0 spiro atoms. The highest BCUT2D eigenvalue weighted by molar-refractivity contribution is 5.47. The number of hydrogen-bond donors (Lipinski definition) is 0. The van der Waals surface area contributed by atoms with E-state index in [9.17, 15) is 0 Å². The summed E-state index contributed by atoms with van der Waals surface area (Å²) in [6.45, 7) is 3.75. The molecule has 0 aromatic heterocycles. The molecular formula is C10H13NO. The van der Waals surface area contributed by atoms with Crippen LogP contribution < -0.4 is 4.90 Å². The van der Waals surface area contributed by atoms with Crippen molar-refractivity contribution in [2.45, 2.75) is 13.0 Å². The Balaban J connectivity index is 2.19. The zero-order chi connectivity index (χ0) is 8.39. The number of benzene rings is 1. The molecular weight excluding hydrogens is 150 g/mol. The fourth-order valence-corrected chi connectivity index (χ4v) is 1.49. The number of hydrogen-bond acceptors (Lipinski definition) is 2. The van der Waals surface area contributed by atoms with E-state index in [2.05, 4.69) is 36.1 Å². The second kappa shape index (κ2) is 3.15. The van der Waals surface area contributed by atoms with Gasteiger partial charge in [-0.25, -0.2) is 0 Å². The highest BCUT2D eigenvalue weighted by Crippen LogP contribution is 2.19. The van der Waals surface area contributed by atoms with E-state index in [1.165, 1.54) is 5.69 Å². The van der Waals surface area contributed by atoms with Crippen molar-refractivity contribution >= 4 is 5.69 Å². The van der Waals surface area contributed by atoms with Gasteiger partial charge < -0.3 is 9.64 Å². The maximum atomic E-state index is 5.35. The first-order valence-electron chi connectivity index (χ1n) is 4.27. The van der Waals surface area contributed by atoms with Crippen LogP contribution in [-0.4, -0.2) is 19.4 Å². The maximum Gasteiger partial charge on any atom is 0.119 e. The highest BCUT2D eigenvalue weighted by atomic mass is 16.5. The predicted octanol–water partition coefficient (Wildman–Crippen LogP) is 1.87. The minimum atomic E-state index is 0.507. The molecule has 0 radical (unpaired) electrons. The van der Waals surface area contributed by atoms with Crippen LogP contribution in [0.2, 0.25) is 0 Å². The first kappa shape index (κ1) is 7.62. The predicted molar refractivity (Wildman–Crippen MR) is 49.2 cm³/mol. The van der Waals surface area contributed by atoms with Gasteiger partial charge in [0.05, 0.1) is 12.6 Å². The smallest absolute Gasteiger partial charge is 0.119 e. The van der Waals surface area contributed by atoms with Crippen LogP contribution in [0.1, 0.15) is 6.92 Å². The number of rotatable bonds is 1. The Morgan fingerprint density at radius 2 is 2.08 bits per heavy atom. The molecule has 1 aromatic carbocycles. The lowest BCUT2D eigenvalue weighted by Crippen LogP contribution is -2.27. The van der Waals surface area contributed by atoms with Crippen LogP contribution in [0.4, 0.5) is 5.69 Å². The van der Waals surface area contributed by atoms with Crippen molar-refractivity contribution in [2.24, 2.45) is 0 Å². The van der Waals surface area contributed by atoms with Gasteiger partial charge in [-0.2, -0.15) is 0 Å². The van der Waals surface area contributed by atoms with Crippen molar-refractivity contribution < 1.29 is 4.74 Å². The molecule has 0 saturated carbocycles. The van der Waals surface area contributed by atoms with Crippen LogP contribution in [0.3, 0.4) is 0 Å². The SMILES string of the molecule is CC1COCN1c1ccccc1. The van der Waals surface area contributed by atoms with Gasteiger partial charge in [-0.05, 0) is 19.1 Å². The monoisotopic (exact) mass is 163 g/mol. The van der Waals surface area contributed by atoms with E-state index in [0.717, 1.165) is 13.3 Å². The second-order valence-electron chi connectivity index (χ2n) is 3.15. The fourth-order valence-electron chi connectivity index (χ4n) is 1.49. The van der Waals surface area contributed by atoms with Crippen LogP contribution in [0.25, 0.3) is 0 Å². The molecule has 1 atom stereocenters. The summed E-state index contributed by atoms with van der Waals surface area (Å²) in [7, 11) is 0. The van der Waals surface area contributed by atoms with Crippen molar-refractivity contribution in [1.29, 1.82) is 0 Å². The van der Waals surface area contributed by atoms with Gasteiger partial charge in [0.1, 0.15) is 6.73 Å². The van der Waals surface area contributed by atoms with Crippen molar-refractivity contribution in [3.05, 3.63) is 30.3 Å². The lowest BCUT2D eigenvalue weighted by molar-refractivity contribution is 0.195. The van der Waals surface area contributed by atoms with E-state index in [1.54, 1.807) is 0 Å². The van der Waals surface area contributed by atoms with E-state index < -0.39 is 0 Å². The van der Waals surface area contributed by atoms with E-state index in [1.807, 2.05) is 6.07 Å². The molecule has 0 amide bonds. The Morgan fingerprint density at radius 1 is 1.33 bits per heavy atom. The van der Waals surface area contributed by atoms with Crippen LogP contribution in [0.15, 0.2) is 30.3 Å². The third-order valence-corrected chi connectivity index (χ3v) is 2.21. The number of para-hydroxylation sites is 1. The zero-order valence-corrected chi connectivity index (χ0v) is 7.23. The Hall–Kier alpha value is -1.02. The average Bonchev–Trinajstić information content (AvgIpc) is 2.53. The number of ether oxygens (including phenoxy) is 1. The van der Waals surface area contributed by atoms with Crippen LogP contribution in [0.5, 0.6) is 0 Å². The van der Waals surface area contributed by atoms with Crippen LogP contribution in [-0.2, 0) is 4.74 Å². The number of nitrogens with zero attached hydrogens (tertiary/aromatic N) is 1. The van der Waals surface area contributed by atoms with Gasteiger partial charge >= 0.3 is 0 Å². The van der Waals surface area contributed by atoms with E-state index in [0.29, 0.717) is 6.04 Å². The molecule has 0 bridgehead atoms. The molecule has 12 heavy (non-hydrogen) atoms. The van der Waals surface area contributed by atoms with Crippen molar-refractivity contribution in [3.63, 3.8) is 0 Å². The molecule has 1 fully saturated rings. The fraction of sp³-hybridized carbons (Fsp3) is 0.400. The number of anilines is 1.